The van der Waals surface area contributed by atoms with E-state index in [9.17, 15) is 9.90 Å². The van der Waals surface area contributed by atoms with Gasteiger partial charge >= 0.3 is 0 Å². The molecule has 1 heterocycles. The molecule has 1 atom stereocenters. The van der Waals surface area contributed by atoms with Gasteiger partial charge in [-0.2, -0.15) is 0 Å². The fourth-order valence-electron chi connectivity index (χ4n) is 2.19. The summed E-state index contributed by atoms with van der Waals surface area (Å²) in [5.41, 5.74) is 0. The molecule has 18 heavy (non-hydrogen) atoms. The quantitative estimate of drug-likeness (QED) is 0.689. The monoisotopic (exact) mass is 257 g/mol. The van der Waals surface area contributed by atoms with E-state index in [0.717, 1.165) is 32.6 Å². The van der Waals surface area contributed by atoms with Crippen molar-refractivity contribution in [2.24, 2.45) is 5.92 Å². The molecule has 1 unspecified atom stereocenters. The van der Waals surface area contributed by atoms with Crippen molar-refractivity contribution >= 4 is 5.91 Å². The SMILES string of the molecule is CC(C)CC(CO)NCC(=O)N1CCN(C)CC1. The van der Waals surface area contributed by atoms with E-state index in [4.69, 9.17) is 0 Å². The Labute approximate surface area is 110 Å². The number of nitrogens with one attached hydrogen (secondary N) is 1. The Balaban J connectivity index is 2.27. The molecule has 0 aromatic heterocycles. The van der Waals surface area contributed by atoms with E-state index in [-0.39, 0.29) is 18.6 Å². The van der Waals surface area contributed by atoms with E-state index in [0.29, 0.717) is 12.5 Å². The highest BCUT2D eigenvalue weighted by atomic mass is 16.3. The molecular formula is C13H27N3O2. The third kappa shape index (κ3) is 5.33. The molecule has 1 fully saturated rings. The van der Waals surface area contributed by atoms with Crippen molar-refractivity contribution in [2.45, 2.75) is 26.3 Å². The third-order valence-corrected chi connectivity index (χ3v) is 3.37. The summed E-state index contributed by atoms with van der Waals surface area (Å²) in [6, 6.07) is 0.0291. The largest absolute Gasteiger partial charge is 0.395 e. The Hall–Kier alpha value is -0.650. The molecule has 1 aliphatic rings. The summed E-state index contributed by atoms with van der Waals surface area (Å²) < 4.78 is 0. The van der Waals surface area contributed by atoms with E-state index >= 15 is 0 Å². The maximum atomic E-state index is 12.0. The third-order valence-electron chi connectivity index (χ3n) is 3.37. The number of amides is 1. The highest BCUT2D eigenvalue weighted by molar-refractivity contribution is 5.78. The van der Waals surface area contributed by atoms with Crippen molar-refractivity contribution in [3.8, 4) is 0 Å². The van der Waals surface area contributed by atoms with Gasteiger partial charge in [0.05, 0.1) is 13.2 Å². The van der Waals surface area contributed by atoms with Gasteiger partial charge in [-0.05, 0) is 19.4 Å². The first-order chi connectivity index (χ1) is 8.52. The average molecular weight is 257 g/mol. The van der Waals surface area contributed by atoms with Crippen LogP contribution < -0.4 is 5.32 Å². The molecule has 5 nitrogen and oxygen atoms in total. The standard InChI is InChI=1S/C13H27N3O2/c1-11(2)8-12(10-17)14-9-13(18)16-6-4-15(3)5-7-16/h11-12,14,17H,4-10H2,1-3H3. The summed E-state index contributed by atoms with van der Waals surface area (Å²) in [5, 5.41) is 12.4. The predicted octanol–water partition coefficient (Wildman–Crippen LogP) is -0.243. The first kappa shape index (κ1) is 15.4. The zero-order valence-corrected chi connectivity index (χ0v) is 11.9. The van der Waals surface area contributed by atoms with Gasteiger partial charge in [0.25, 0.3) is 0 Å². The van der Waals surface area contributed by atoms with Crippen LogP contribution in [0.25, 0.3) is 0 Å². The molecule has 106 valence electrons. The summed E-state index contributed by atoms with van der Waals surface area (Å²) in [4.78, 5) is 16.1. The fraction of sp³-hybridized carbons (Fsp3) is 0.923. The predicted molar refractivity (Wildman–Crippen MR) is 72.4 cm³/mol. The molecule has 1 aliphatic heterocycles. The molecule has 0 spiro atoms. The number of aliphatic hydroxyl groups is 1. The molecule has 0 aromatic rings. The van der Waals surface area contributed by atoms with Crippen molar-refractivity contribution in [1.82, 2.24) is 15.1 Å². The molecule has 5 heteroatoms. The number of hydrogen-bond acceptors (Lipinski definition) is 4. The fourth-order valence-corrected chi connectivity index (χ4v) is 2.19. The van der Waals surface area contributed by atoms with Crippen LogP contribution in [-0.2, 0) is 4.79 Å². The second-order valence-corrected chi connectivity index (χ2v) is 5.57. The van der Waals surface area contributed by atoms with Gasteiger partial charge in [0.1, 0.15) is 0 Å². The second kappa shape index (κ2) is 7.71. The minimum Gasteiger partial charge on any atom is -0.395 e. The van der Waals surface area contributed by atoms with E-state index in [2.05, 4.69) is 31.1 Å². The number of carbonyl (C=O) groups is 1. The maximum absolute atomic E-state index is 12.0. The first-order valence-electron chi connectivity index (χ1n) is 6.83. The van der Waals surface area contributed by atoms with Crippen LogP contribution >= 0.6 is 0 Å². The van der Waals surface area contributed by atoms with Crippen LogP contribution in [0.5, 0.6) is 0 Å². The number of rotatable bonds is 6. The Morgan fingerprint density at radius 3 is 2.39 bits per heavy atom. The van der Waals surface area contributed by atoms with E-state index in [1.807, 2.05) is 4.90 Å². The van der Waals surface area contributed by atoms with Gasteiger partial charge in [-0.1, -0.05) is 13.8 Å². The van der Waals surface area contributed by atoms with Crippen molar-refractivity contribution in [1.29, 1.82) is 0 Å². The molecule has 0 aromatic carbocycles. The van der Waals surface area contributed by atoms with Crippen LogP contribution in [0.15, 0.2) is 0 Å². The summed E-state index contributed by atoms with van der Waals surface area (Å²) >= 11 is 0. The molecular weight excluding hydrogens is 230 g/mol. The highest BCUT2D eigenvalue weighted by Crippen LogP contribution is 2.04. The lowest BCUT2D eigenvalue weighted by Gasteiger charge is -2.33. The number of likely N-dealkylation sites (N-methyl/N-ethyl adjacent to an activating group) is 1. The van der Waals surface area contributed by atoms with Crippen molar-refractivity contribution in [3.63, 3.8) is 0 Å². The minimum atomic E-state index is 0.0291. The van der Waals surface area contributed by atoms with Crippen LogP contribution in [0.4, 0.5) is 0 Å². The van der Waals surface area contributed by atoms with Gasteiger partial charge in [-0.15, -0.1) is 0 Å². The highest BCUT2D eigenvalue weighted by Gasteiger charge is 2.19. The Kier molecular flexibility index (Phi) is 6.60. The lowest BCUT2D eigenvalue weighted by molar-refractivity contribution is -0.132. The molecule has 0 saturated carbocycles. The van der Waals surface area contributed by atoms with Gasteiger partial charge in [0.15, 0.2) is 0 Å². The zero-order chi connectivity index (χ0) is 13.5. The molecule has 1 amide bonds. The van der Waals surface area contributed by atoms with Crippen LogP contribution in [0, 0.1) is 5.92 Å². The second-order valence-electron chi connectivity index (χ2n) is 5.57. The van der Waals surface area contributed by atoms with Crippen LogP contribution in [0.1, 0.15) is 20.3 Å². The minimum absolute atomic E-state index is 0.0291. The Morgan fingerprint density at radius 2 is 1.89 bits per heavy atom. The number of aliphatic hydroxyl groups excluding tert-OH is 1. The molecule has 0 bridgehead atoms. The first-order valence-corrected chi connectivity index (χ1v) is 6.83. The molecule has 1 saturated heterocycles. The normalized spacial score (nSPS) is 19.3. The van der Waals surface area contributed by atoms with Gasteiger partial charge in [0, 0.05) is 32.2 Å². The van der Waals surface area contributed by atoms with E-state index in [1.54, 1.807) is 0 Å². The summed E-state index contributed by atoms with van der Waals surface area (Å²) in [5.74, 6) is 0.665. The van der Waals surface area contributed by atoms with Crippen LogP contribution in [0.3, 0.4) is 0 Å². The van der Waals surface area contributed by atoms with Gasteiger partial charge in [-0.3, -0.25) is 4.79 Å². The average Bonchev–Trinajstić information content (AvgIpc) is 2.34. The van der Waals surface area contributed by atoms with Gasteiger partial charge in [-0.25, -0.2) is 0 Å². The number of nitrogens with zero attached hydrogens (tertiary/aromatic N) is 2. The van der Waals surface area contributed by atoms with E-state index < -0.39 is 0 Å². The molecule has 0 radical (unpaired) electrons. The summed E-state index contributed by atoms with van der Waals surface area (Å²) in [7, 11) is 2.07. The van der Waals surface area contributed by atoms with Crippen molar-refractivity contribution in [3.05, 3.63) is 0 Å². The maximum Gasteiger partial charge on any atom is 0.236 e. The number of piperazine rings is 1. The summed E-state index contributed by atoms with van der Waals surface area (Å²) in [6.45, 7) is 8.17. The smallest absolute Gasteiger partial charge is 0.236 e. The molecule has 2 N–H and O–H groups in total. The zero-order valence-electron chi connectivity index (χ0n) is 11.9. The molecule has 0 aliphatic carbocycles. The van der Waals surface area contributed by atoms with E-state index in [1.165, 1.54) is 0 Å². The lowest BCUT2D eigenvalue weighted by atomic mass is 10.0. The number of hydrogen-bond donors (Lipinski definition) is 2. The summed E-state index contributed by atoms with van der Waals surface area (Å²) in [6.07, 6.45) is 0.895. The van der Waals surface area contributed by atoms with Gasteiger partial charge < -0.3 is 20.2 Å². The van der Waals surface area contributed by atoms with Crippen LogP contribution in [0.2, 0.25) is 0 Å². The lowest BCUT2D eigenvalue weighted by Crippen LogP contribution is -2.50. The van der Waals surface area contributed by atoms with Crippen molar-refractivity contribution in [2.75, 3.05) is 46.4 Å². The number of carbonyl (C=O) groups excluding carboxylic acids is 1. The Bertz CT molecular complexity index is 251. The van der Waals surface area contributed by atoms with Crippen molar-refractivity contribution < 1.29 is 9.90 Å². The van der Waals surface area contributed by atoms with Crippen LogP contribution in [-0.4, -0.2) is 73.2 Å². The topological polar surface area (TPSA) is 55.8 Å². The Morgan fingerprint density at radius 1 is 1.28 bits per heavy atom. The van der Waals surface area contributed by atoms with Gasteiger partial charge in [0.2, 0.25) is 5.91 Å². The molecule has 1 rings (SSSR count).